The Hall–Kier alpha value is -1.35. The Labute approximate surface area is 128 Å². The van der Waals surface area contributed by atoms with E-state index in [2.05, 4.69) is 53.2 Å². The first kappa shape index (κ1) is 13.6. The van der Waals surface area contributed by atoms with Crippen LogP contribution in [0.2, 0.25) is 5.02 Å². The van der Waals surface area contributed by atoms with Crippen molar-refractivity contribution in [3.63, 3.8) is 0 Å². The molecule has 0 aliphatic rings. The van der Waals surface area contributed by atoms with Gasteiger partial charge in [-0.3, -0.25) is 0 Å². The minimum Gasteiger partial charge on any atom is -0.309 e. The second-order valence-corrected chi connectivity index (χ2v) is 6.24. The molecule has 0 radical (unpaired) electrons. The van der Waals surface area contributed by atoms with E-state index in [9.17, 15) is 0 Å². The summed E-state index contributed by atoms with van der Waals surface area (Å²) in [6.07, 6.45) is 0. The standard InChI is InChI=1S/C17H16ClNS/c1-11-7-8-12(9-15(11)18)17(19-2)14-10-20-16-6-4-3-5-13(14)16/h3-10,17,19H,1-2H3. The predicted molar refractivity (Wildman–Crippen MR) is 88.9 cm³/mol. The Morgan fingerprint density at radius 3 is 2.70 bits per heavy atom. The number of benzene rings is 2. The van der Waals surface area contributed by atoms with Crippen LogP contribution in [0.1, 0.15) is 22.7 Å². The monoisotopic (exact) mass is 301 g/mol. The molecule has 102 valence electrons. The Morgan fingerprint density at radius 1 is 1.15 bits per heavy atom. The molecule has 0 spiro atoms. The Balaban J connectivity index is 2.11. The van der Waals surface area contributed by atoms with Gasteiger partial charge in [-0.15, -0.1) is 11.3 Å². The fourth-order valence-electron chi connectivity index (χ4n) is 2.51. The number of hydrogen-bond acceptors (Lipinski definition) is 2. The Morgan fingerprint density at radius 2 is 1.95 bits per heavy atom. The number of thiophene rings is 1. The molecule has 1 nitrogen and oxygen atoms in total. The van der Waals surface area contributed by atoms with Crippen molar-refractivity contribution in [1.82, 2.24) is 5.32 Å². The maximum Gasteiger partial charge on any atom is 0.0589 e. The summed E-state index contributed by atoms with van der Waals surface area (Å²) in [7, 11) is 1.99. The third kappa shape index (κ3) is 2.35. The smallest absolute Gasteiger partial charge is 0.0589 e. The van der Waals surface area contributed by atoms with Crippen molar-refractivity contribution in [3.8, 4) is 0 Å². The SMILES string of the molecule is CNC(c1ccc(C)c(Cl)c1)c1csc2ccccc12. The van der Waals surface area contributed by atoms with E-state index >= 15 is 0 Å². The van der Waals surface area contributed by atoms with Gasteiger partial charge in [-0.25, -0.2) is 0 Å². The molecule has 0 aliphatic carbocycles. The van der Waals surface area contributed by atoms with Crippen LogP contribution in [0.4, 0.5) is 0 Å². The molecule has 1 unspecified atom stereocenters. The quantitative estimate of drug-likeness (QED) is 0.703. The highest BCUT2D eigenvalue weighted by Gasteiger charge is 2.16. The summed E-state index contributed by atoms with van der Waals surface area (Å²) in [6.45, 7) is 2.03. The van der Waals surface area contributed by atoms with Crippen molar-refractivity contribution in [2.75, 3.05) is 7.05 Å². The van der Waals surface area contributed by atoms with Gasteiger partial charge in [0, 0.05) is 9.72 Å². The number of fused-ring (bicyclic) bond motifs is 1. The molecule has 0 saturated carbocycles. The van der Waals surface area contributed by atoms with E-state index in [0.29, 0.717) is 0 Å². The van der Waals surface area contributed by atoms with Crippen LogP contribution in [0, 0.1) is 6.92 Å². The lowest BCUT2D eigenvalue weighted by atomic mass is 9.97. The van der Waals surface area contributed by atoms with Crippen LogP contribution in [0.15, 0.2) is 47.8 Å². The second kappa shape index (κ2) is 5.57. The third-order valence-corrected chi connectivity index (χ3v) is 5.03. The molecular weight excluding hydrogens is 286 g/mol. The average molecular weight is 302 g/mol. The number of rotatable bonds is 3. The molecular formula is C17H16ClNS. The molecule has 0 saturated heterocycles. The van der Waals surface area contributed by atoms with E-state index in [1.54, 1.807) is 11.3 Å². The van der Waals surface area contributed by atoms with Crippen LogP contribution in [-0.2, 0) is 0 Å². The minimum atomic E-state index is 0.171. The first-order valence-electron chi connectivity index (χ1n) is 6.60. The highest BCUT2D eigenvalue weighted by molar-refractivity contribution is 7.17. The Kier molecular flexibility index (Phi) is 3.79. The minimum absolute atomic E-state index is 0.171. The van der Waals surface area contributed by atoms with Gasteiger partial charge in [-0.05, 0) is 53.6 Å². The van der Waals surface area contributed by atoms with Gasteiger partial charge in [-0.2, -0.15) is 0 Å². The molecule has 3 heteroatoms. The van der Waals surface area contributed by atoms with Gasteiger partial charge in [0.15, 0.2) is 0 Å². The lowest BCUT2D eigenvalue weighted by Gasteiger charge is -2.17. The van der Waals surface area contributed by atoms with Gasteiger partial charge in [0.05, 0.1) is 6.04 Å². The van der Waals surface area contributed by atoms with E-state index < -0.39 is 0 Å². The van der Waals surface area contributed by atoms with Crippen LogP contribution in [-0.4, -0.2) is 7.05 Å². The average Bonchev–Trinajstić information content (AvgIpc) is 2.88. The third-order valence-electron chi connectivity index (χ3n) is 3.64. The fraction of sp³-hybridized carbons (Fsp3) is 0.176. The van der Waals surface area contributed by atoms with Crippen LogP contribution in [0.5, 0.6) is 0 Å². The predicted octanol–water partition coefficient (Wildman–Crippen LogP) is 5.17. The molecule has 0 aliphatic heterocycles. The van der Waals surface area contributed by atoms with Gasteiger partial charge in [0.2, 0.25) is 0 Å². The molecule has 20 heavy (non-hydrogen) atoms. The topological polar surface area (TPSA) is 12.0 Å². The Bertz CT molecular complexity index is 748. The molecule has 1 heterocycles. The van der Waals surface area contributed by atoms with Crippen LogP contribution >= 0.6 is 22.9 Å². The van der Waals surface area contributed by atoms with E-state index in [0.717, 1.165) is 10.6 Å². The van der Waals surface area contributed by atoms with Gasteiger partial charge < -0.3 is 5.32 Å². The van der Waals surface area contributed by atoms with E-state index in [-0.39, 0.29) is 6.04 Å². The molecule has 0 bridgehead atoms. The lowest BCUT2D eigenvalue weighted by Crippen LogP contribution is -2.17. The van der Waals surface area contributed by atoms with Crippen molar-refractivity contribution in [2.24, 2.45) is 0 Å². The maximum absolute atomic E-state index is 6.27. The highest BCUT2D eigenvalue weighted by atomic mass is 35.5. The number of aryl methyl sites for hydroxylation is 1. The summed E-state index contributed by atoms with van der Waals surface area (Å²) in [5, 5.41) is 7.78. The summed E-state index contributed by atoms with van der Waals surface area (Å²) < 4.78 is 1.32. The van der Waals surface area contributed by atoms with E-state index in [1.165, 1.54) is 21.2 Å². The van der Waals surface area contributed by atoms with Crippen LogP contribution in [0.3, 0.4) is 0 Å². The van der Waals surface area contributed by atoms with Crippen molar-refractivity contribution < 1.29 is 0 Å². The van der Waals surface area contributed by atoms with Gasteiger partial charge in [0.25, 0.3) is 0 Å². The fourth-order valence-corrected chi connectivity index (χ4v) is 3.69. The maximum atomic E-state index is 6.27. The van der Waals surface area contributed by atoms with Crippen molar-refractivity contribution >= 4 is 33.0 Å². The van der Waals surface area contributed by atoms with E-state index in [1.807, 2.05) is 14.0 Å². The molecule has 1 aromatic heterocycles. The van der Waals surface area contributed by atoms with E-state index in [4.69, 9.17) is 11.6 Å². The first-order valence-corrected chi connectivity index (χ1v) is 7.86. The molecule has 0 fully saturated rings. The largest absolute Gasteiger partial charge is 0.309 e. The van der Waals surface area contributed by atoms with Crippen molar-refractivity contribution in [1.29, 1.82) is 0 Å². The van der Waals surface area contributed by atoms with Gasteiger partial charge in [-0.1, -0.05) is 41.9 Å². The van der Waals surface area contributed by atoms with Crippen molar-refractivity contribution in [2.45, 2.75) is 13.0 Å². The number of hydrogen-bond donors (Lipinski definition) is 1. The van der Waals surface area contributed by atoms with Gasteiger partial charge in [0.1, 0.15) is 0 Å². The normalized spacial score (nSPS) is 12.8. The molecule has 3 aromatic rings. The summed E-state index contributed by atoms with van der Waals surface area (Å²) in [4.78, 5) is 0. The zero-order valence-electron chi connectivity index (χ0n) is 11.5. The van der Waals surface area contributed by atoms with Crippen LogP contribution in [0.25, 0.3) is 10.1 Å². The zero-order chi connectivity index (χ0) is 14.1. The molecule has 1 N–H and O–H groups in total. The lowest BCUT2D eigenvalue weighted by molar-refractivity contribution is 0.698. The summed E-state index contributed by atoms with van der Waals surface area (Å²) in [6, 6.07) is 15.0. The molecule has 2 aromatic carbocycles. The summed E-state index contributed by atoms with van der Waals surface area (Å²) >= 11 is 8.06. The molecule has 0 amide bonds. The number of nitrogens with one attached hydrogen (secondary N) is 1. The van der Waals surface area contributed by atoms with Gasteiger partial charge >= 0.3 is 0 Å². The number of halogens is 1. The van der Waals surface area contributed by atoms with Crippen molar-refractivity contribution in [3.05, 3.63) is 69.6 Å². The molecule has 1 atom stereocenters. The van der Waals surface area contributed by atoms with Crippen LogP contribution < -0.4 is 5.32 Å². The zero-order valence-corrected chi connectivity index (χ0v) is 13.1. The second-order valence-electron chi connectivity index (χ2n) is 4.92. The summed E-state index contributed by atoms with van der Waals surface area (Å²) in [5.41, 5.74) is 3.63. The molecule has 3 rings (SSSR count). The first-order chi connectivity index (χ1) is 9.70. The summed E-state index contributed by atoms with van der Waals surface area (Å²) in [5.74, 6) is 0. The highest BCUT2D eigenvalue weighted by Crippen LogP contribution is 2.34.